The average molecular weight is 315 g/mol. The zero-order valence-corrected chi connectivity index (χ0v) is 12.9. The summed E-state index contributed by atoms with van der Waals surface area (Å²) >= 11 is 5.78. The summed E-state index contributed by atoms with van der Waals surface area (Å²) in [6.45, 7) is 2.90. The molecule has 0 amide bonds. The summed E-state index contributed by atoms with van der Waals surface area (Å²) in [5.74, 6) is 0. The monoisotopic (exact) mass is 314 g/mol. The fourth-order valence-corrected chi connectivity index (χ4v) is 3.47. The van der Waals surface area contributed by atoms with Crippen LogP contribution in [-0.4, -0.2) is 27.0 Å². The number of sulfonamides is 1. The summed E-state index contributed by atoms with van der Waals surface area (Å²) in [4.78, 5) is 0. The van der Waals surface area contributed by atoms with E-state index in [1.54, 1.807) is 30.3 Å². The molecule has 6 heteroatoms. The summed E-state index contributed by atoms with van der Waals surface area (Å²) in [6, 6.07) is 7.37. The quantitative estimate of drug-likeness (QED) is 0.897. The minimum absolute atomic E-state index is 0.00566. The van der Waals surface area contributed by atoms with Crippen LogP contribution in [0.5, 0.6) is 0 Å². The molecular weight excluding hydrogens is 296 g/mol. The van der Waals surface area contributed by atoms with Crippen LogP contribution in [0.25, 0.3) is 6.08 Å². The second-order valence-corrected chi connectivity index (χ2v) is 7.13. The summed E-state index contributed by atoms with van der Waals surface area (Å²) in [6.07, 6.45) is 3.20. The van der Waals surface area contributed by atoms with Crippen molar-refractivity contribution < 1.29 is 8.42 Å². The van der Waals surface area contributed by atoms with Gasteiger partial charge in [0.1, 0.15) is 0 Å². The summed E-state index contributed by atoms with van der Waals surface area (Å²) in [7, 11) is -3.40. The van der Waals surface area contributed by atoms with Gasteiger partial charge in [-0.3, -0.25) is 0 Å². The van der Waals surface area contributed by atoms with E-state index in [1.807, 2.05) is 0 Å². The maximum absolute atomic E-state index is 12.0. The van der Waals surface area contributed by atoms with E-state index in [9.17, 15) is 8.42 Å². The zero-order valence-electron chi connectivity index (χ0n) is 11.3. The van der Waals surface area contributed by atoms with E-state index < -0.39 is 10.0 Å². The number of rotatable bonds is 4. The molecule has 1 fully saturated rings. The van der Waals surface area contributed by atoms with E-state index in [0.29, 0.717) is 11.1 Å². The maximum Gasteiger partial charge on any atom is 0.233 e. The second-order valence-electron chi connectivity index (χ2n) is 5.09. The van der Waals surface area contributed by atoms with Gasteiger partial charge in [-0.15, -0.1) is 0 Å². The Morgan fingerprint density at radius 2 is 2.05 bits per heavy atom. The third-order valence-electron chi connectivity index (χ3n) is 3.26. The number of hydrogen-bond acceptors (Lipinski definition) is 3. The predicted molar refractivity (Wildman–Crippen MR) is 83.0 cm³/mol. The molecule has 0 aromatic heterocycles. The fraction of sp³-hybridized carbons (Fsp3) is 0.429. The first-order valence-electron chi connectivity index (χ1n) is 6.64. The highest BCUT2D eigenvalue weighted by molar-refractivity contribution is 7.92. The maximum atomic E-state index is 12.0. The van der Waals surface area contributed by atoms with Crippen LogP contribution in [0, 0.1) is 0 Å². The smallest absolute Gasteiger partial charge is 0.233 e. The first-order chi connectivity index (χ1) is 9.44. The molecule has 0 spiro atoms. The minimum Gasteiger partial charge on any atom is -0.314 e. The predicted octanol–water partition coefficient (Wildman–Crippen LogP) is 2.37. The Kier molecular flexibility index (Phi) is 5.21. The van der Waals surface area contributed by atoms with Crippen LogP contribution in [0.2, 0.25) is 5.02 Å². The number of nitrogens with one attached hydrogen (secondary N) is 2. The molecule has 1 aromatic carbocycles. The Bertz CT molecular complexity index is 569. The molecule has 2 atom stereocenters. The van der Waals surface area contributed by atoms with Crippen LogP contribution in [0.4, 0.5) is 0 Å². The third kappa shape index (κ3) is 4.90. The lowest BCUT2D eigenvalue weighted by Crippen LogP contribution is -2.46. The van der Waals surface area contributed by atoms with Gasteiger partial charge in [0.2, 0.25) is 10.0 Å². The molecule has 4 nitrogen and oxygen atoms in total. The fourth-order valence-electron chi connectivity index (χ4n) is 2.25. The molecule has 0 radical (unpaired) electrons. The molecule has 0 aliphatic carbocycles. The Balaban J connectivity index is 1.98. The Hall–Kier alpha value is -0.880. The highest BCUT2D eigenvalue weighted by atomic mass is 35.5. The molecule has 2 rings (SSSR count). The van der Waals surface area contributed by atoms with Gasteiger partial charge in [0, 0.05) is 22.5 Å². The van der Waals surface area contributed by atoms with E-state index in [2.05, 4.69) is 17.0 Å². The van der Waals surface area contributed by atoms with Crippen molar-refractivity contribution in [1.29, 1.82) is 0 Å². The first-order valence-corrected chi connectivity index (χ1v) is 8.56. The SMILES string of the molecule is CC1CC(NS(=O)(=O)/C=C/c2ccc(Cl)cc2)CCN1. The number of piperidine rings is 1. The third-order valence-corrected chi connectivity index (χ3v) is 4.67. The minimum atomic E-state index is -3.40. The molecule has 0 bridgehead atoms. The number of hydrogen-bond donors (Lipinski definition) is 2. The van der Waals surface area contributed by atoms with Gasteiger partial charge in [0.15, 0.2) is 0 Å². The Morgan fingerprint density at radius 1 is 1.35 bits per heavy atom. The van der Waals surface area contributed by atoms with Crippen molar-refractivity contribution in [3.05, 3.63) is 40.3 Å². The van der Waals surface area contributed by atoms with Gasteiger partial charge < -0.3 is 5.32 Å². The molecule has 1 saturated heterocycles. The molecule has 1 aliphatic rings. The summed E-state index contributed by atoms with van der Waals surface area (Å²) in [5.41, 5.74) is 0.804. The standard InChI is InChI=1S/C14H19ClN2O2S/c1-11-10-14(6-8-16-11)17-20(18,19)9-7-12-2-4-13(15)5-3-12/h2-5,7,9,11,14,16-17H,6,8,10H2,1H3/b9-7+. The molecule has 1 aromatic rings. The van der Waals surface area contributed by atoms with Crippen molar-refractivity contribution >= 4 is 27.7 Å². The van der Waals surface area contributed by atoms with Crippen LogP contribution in [-0.2, 0) is 10.0 Å². The van der Waals surface area contributed by atoms with Gasteiger partial charge in [0.05, 0.1) is 0 Å². The van der Waals surface area contributed by atoms with E-state index in [-0.39, 0.29) is 6.04 Å². The first kappa shape index (κ1) is 15.5. The highest BCUT2D eigenvalue weighted by Gasteiger charge is 2.21. The topological polar surface area (TPSA) is 58.2 Å². The van der Waals surface area contributed by atoms with Crippen LogP contribution >= 0.6 is 11.6 Å². The van der Waals surface area contributed by atoms with Gasteiger partial charge in [-0.25, -0.2) is 13.1 Å². The van der Waals surface area contributed by atoms with Crippen LogP contribution in [0.15, 0.2) is 29.7 Å². The average Bonchev–Trinajstić information content (AvgIpc) is 2.37. The zero-order chi connectivity index (χ0) is 14.6. The molecular formula is C14H19ClN2O2S. The van der Waals surface area contributed by atoms with E-state index in [1.165, 1.54) is 5.41 Å². The largest absolute Gasteiger partial charge is 0.314 e. The number of benzene rings is 1. The summed E-state index contributed by atoms with van der Waals surface area (Å²) < 4.78 is 26.7. The van der Waals surface area contributed by atoms with Crippen molar-refractivity contribution in [3.63, 3.8) is 0 Å². The Labute approximate surface area is 125 Å². The number of halogens is 1. The molecule has 20 heavy (non-hydrogen) atoms. The van der Waals surface area contributed by atoms with E-state index >= 15 is 0 Å². The van der Waals surface area contributed by atoms with Crippen molar-refractivity contribution in [2.45, 2.75) is 31.8 Å². The molecule has 0 saturated carbocycles. The molecule has 110 valence electrons. The van der Waals surface area contributed by atoms with Crippen LogP contribution in [0.3, 0.4) is 0 Å². The highest BCUT2D eigenvalue weighted by Crippen LogP contribution is 2.12. The second kappa shape index (κ2) is 6.72. The summed E-state index contributed by atoms with van der Waals surface area (Å²) in [5, 5.41) is 5.14. The lowest BCUT2D eigenvalue weighted by atomic mass is 10.0. The molecule has 2 N–H and O–H groups in total. The van der Waals surface area contributed by atoms with Gasteiger partial charge in [-0.05, 0) is 50.1 Å². The molecule has 1 heterocycles. The normalized spacial score (nSPS) is 24.1. The van der Waals surface area contributed by atoms with Crippen molar-refractivity contribution in [1.82, 2.24) is 10.0 Å². The van der Waals surface area contributed by atoms with Gasteiger partial charge in [0.25, 0.3) is 0 Å². The molecule has 1 aliphatic heterocycles. The van der Waals surface area contributed by atoms with Gasteiger partial charge in [-0.2, -0.15) is 0 Å². The van der Waals surface area contributed by atoms with Crippen LogP contribution < -0.4 is 10.0 Å². The Morgan fingerprint density at radius 3 is 2.70 bits per heavy atom. The van der Waals surface area contributed by atoms with Gasteiger partial charge >= 0.3 is 0 Å². The van der Waals surface area contributed by atoms with Crippen LogP contribution in [0.1, 0.15) is 25.3 Å². The van der Waals surface area contributed by atoms with E-state index in [0.717, 1.165) is 24.9 Å². The van der Waals surface area contributed by atoms with Crippen molar-refractivity contribution in [3.8, 4) is 0 Å². The lowest BCUT2D eigenvalue weighted by Gasteiger charge is -2.27. The van der Waals surface area contributed by atoms with Gasteiger partial charge in [-0.1, -0.05) is 23.7 Å². The van der Waals surface area contributed by atoms with E-state index in [4.69, 9.17) is 11.6 Å². The van der Waals surface area contributed by atoms with Crippen molar-refractivity contribution in [2.24, 2.45) is 0 Å². The van der Waals surface area contributed by atoms with Crippen molar-refractivity contribution in [2.75, 3.05) is 6.54 Å². The molecule has 2 unspecified atom stereocenters. The lowest BCUT2D eigenvalue weighted by molar-refractivity contribution is 0.362.